The minimum atomic E-state index is -3.32. The lowest BCUT2D eigenvalue weighted by atomic mass is 10.1. The summed E-state index contributed by atoms with van der Waals surface area (Å²) in [4.78, 5) is 12.2. The van der Waals surface area contributed by atoms with Gasteiger partial charge in [0.2, 0.25) is 15.9 Å². The van der Waals surface area contributed by atoms with Crippen molar-refractivity contribution < 1.29 is 17.9 Å². The highest BCUT2D eigenvalue weighted by Gasteiger charge is 2.18. The van der Waals surface area contributed by atoms with Crippen LogP contribution in [-0.4, -0.2) is 44.6 Å². The van der Waals surface area contributed by atoms with E-state index < -0.39 is 10.0 Å². The molecule has 0 aliphatic carbocycles. The molecular formula is C17H28N2O4S. The number of hydrogen-bond donors (Lipinski definition) is 1. The van der Waals surface area contributed by atoms with Gasteiger partial charge in [-0.25, -0.2) is 12.7 Å². The third-order valence-electron chi connectivity index (χ3n) is 3.47. The lowest BCUT2D eigenvalue weighted by molar-refractivity contribution is -0.116. The molecule has 0 saturated heterocycles. The standard InChI is InChI=1S/C17H28N2O4S/c1-5-23-16-9-7-6-8-15(16)18-17(20)11-13-19(24(4,21)22)12-10-14(2)3/h6-9,14H,5,10-13H2,1-4H3,(H,18,20). The number of rotatable bonds is 10. The Morgan fingerprint density at radius 1 is 1.25 bits per heavy atom. The van der Waals surface area contributed by atoms with Gasteiger partial charge < -0.3 is 10.1 Å². The van der Waals surface area contributed by atoms with Crippen molar-refractivity contribution in [3.63, 3.8) is 0 Å². The number of nitrogens with one attached hydrogen (secondary N) is 1. The molecule has 1 rings (SSSR count). The Balaban J connectivity index is 2.63. The Labute approximate surface area is 145 Å². The second-order valence-electron chi connectivity index (χ2n) is 6.07. The quantitative estimate of drug-likeness (QED) is 0.699. The summed E-state index contributed by atoms with van der Waals surface area (Å²) in [5.41, 5.74) is 0.595. The largest absolute Gasteiger partial charge is 0.492 e. The molecule has 136 valence electrons. The van der Waals surface area contributed by atoms with Crippen LogP contribution in [0.15, 0.2) is 24.3 Å². The second-order valence-corrected chi connectivity index (χ2v) is 8.05. The van der Waals surface area contributed by atoms with Gasteiger partial charge in [-0.1, -0.05) is 26.0 Å². The average Bonchev–Trinajstić information content (AvgIpc) is 2.47. The van der Waals surface area contributed by atoms with Gasteiger partial charge in [-0.3, -0.25) is 4.79 Å². The van der Waals surface area contributed by atoms with Gasteiger partial charge in [-0.2, -0.15) is 0 Å². The minimum absolute atomic E-state index is 0.103. The molecule has 0 atom stereocenters. The maximum atomic E-state index is 12.2. The van der Waals surface area contributed by atoms with Gasteiger partial charge in [-0.15, -0.1) is 0 Å². The molecule has 0 aliphatic rings. The number of benzene rings is 1. The minimum Gasteiger partial charge on any atom is -0.492 e. The van der Waals surface area contributed by atoms with E-state index in [4.69, 9.17) is 4.74 Å². The van der Waals surface area contributed by atoms with Crippen molar-refractivity contribution >= 4 is 21.6 Å². The SMILES string of the molecule is CCOc1ccccc1NC(=O)CCN(CCC(C)C)S(C)(=O)=O. The molecule has 0 bridgehead atoms. The number of para-hydroxylation sites is 2. The highest BCUT2D eigenvalue weighted by atomic mass is 32.2. The highest BCUT2D eigenvalue weighted by Crippen LogP contribution is 2.23. The predicted octanol–water partition coefficient (Wildman–Crippen LogP) is 2.72. The number of nitrogens with zero attached hydrogens (tertiary/aromatic N) is 1. The topological polar surface area (TPSA) is 75.7 Å². The third kappa shape index (κ3) is 7.31. The van der Waals surface area contributed by atoms with Crippen LogP contribution >= 0.6 is 0 Å². The van der Waals surface area contributed by atoms with Crippen LogP contribution in [0.1, 0.15) is 33.6 Å². The molecule has 1 aromatic carbocycles. The van der Waals surface area contributed by atoms with Gasteiger partial charge in [-0.05, 0) is 31.4 Å². The first kappa shape index (κ1) is 20.4. The normalized spacial score (nSPS) is 11.8. The highest BCUT2D eigenvalue weighted by molar-refractivity contribution is 7.88. The van der Waals surface area contributed by atoms with Gasteiger partial charge in [0.05, 0.1) is 18.6 Å². The first-order chi connectivity index (χ1) is 11.2. The van der Waals surface area contributed by atoms with E-state index in [0.717, 1.165) is 6.42 Å². The number of ether oxygens (including phenoxy) is 1. The lowest BCUT2D eigenvalue weighted by Crippen LogP contribution is -2.34. The molecule has 0 fully saturated rings. The molecule has 24 heavy (non-hydrogen) atoms. The molecule has 1 aromatic rings. The molecular weight excluding hydrogens is 328 g/mol. The third-order valence-corrected chi connectivity index (χ3v) is 4.78. The van der Waals surface area contributed by atoms with Crippen LogP contribution in [0.5, 0.6) is 5.75 Å². The molecule has 0 spiro atoms. The van der Waals surface area contributed by atoms with Gasteiger partial charge in [0.25, 0.3) is 0 Å². The Hall–Kier alpha value is -1.60. The van der Waals surface area contributed by atoms with E-state index in [2.05, 4.69) is 5.32 Å². The fraction of sp³-hybridized carbons (Fsp3) is 0.588. The maximum Gasteiger partial charge on any atom is 0.225 e. The zero-order valence-corrected chi connectivity index (χ0v) is 15.7. The van der Waals surface area contributed by atoms with E-state index in [1.165, 1.54) is 10.6 Å². The van der Waals surface area contributed by atoms with Crippen LogP contribution < -0.4 is 10.1 Å². The van der Waals surface area contributed by atoms with Gasteiger partial charge in [0.1, 0.15) is 5.75 Å². The van der Waals surface area contributed by atoms with E-state index in [0.29, 0.717) is 30.5 Å². The van der Waals surface area contributed by atoms with Crippen LogP contribution in [0, 0.1) is 5.92 Å². The van der Waals surface area contributed by atoms with Gasteiger partial charge >= 0.3 is 0 Å². The molecule has 0 aliphatic heterocycles. The van der Waals surface area contributed by atoms with Crippen LogP contribution in [0.3, 0.4) is 0 Å². The summed E-state index contributed by atoms with van der Waals surface area (Å²) in [7, 11) is -3.32. The monoisotopic (exact) mass is 356 g/mol. The zero-order chi connectivity index (χ0) is 18.2. The zero-order valence-electron chi connectivity index (χ0n) is 14.9. The van der Waals surface area contributed by atoms with Gasteiger partial charge in [0.15, 0.2) is 0 Å². The first-order valence-electron chi connectivity index (χ1n) is 8.20. The Kier molecular flexibility index (Phi) is 8.21. The van der Waals surface area contributed by atoms with Gasteiger partial charge in [0, 0.05) is 19.5 Å². The van der Waals surface area contributed by atoms with Crippen LogP contribution in [-0.2, 0) is 14.8 Å². The van der Waals surface area contributed by atoms with Crippen molar-refractivity contribution in [2.75, 3.05) is 31.3 Å². The van der Waals surface area contributed by atoms with Crippen molar-refractivity contribution in [2.24, 2.45) is 5.92 Å². The predicted molar refractivity (Wildman–Crippen MR) is 96.7 cm³/mol. The molecule has 0 aromatic heterocycles. The lowest BCUT2D eigenvalue weighted by Gasteiger charge is -2.20. The van der Waals surface area contributed by atoms with Crippen molar-refractivity contribution in [2.45, 2.75) is 33.6 Å². The second kappa shape index (κ2) is 9.64. The Bertz CT molecular complexity index is 629. The van der Waals surface area contributed by atoms with Crippen LogP contribution in [0.25, 0.3) is 0 Å². The van der Waals surface area contributed by atoms with Crippen molar-refractivity contribution in [1.82, 2.24) is 4.31 Å². The van der Waals surface area contributed by atoms with E-state index in [1.54, 1.807) is 12.1 Å². The van der Waals surface area contributed by atoms with Crippen LogP contribution in [0.4, 0.5) is 5.69 Å². The molecule has 7 heteroatoms. The number of amides is 1. The summed E-state index contributed by atoms with van der Waals surface area (Å²) in [6, 6.07) is 7.18. The average molecular weight is 356 g/mol. The summed E-state index contributed by atoms with van der Waals surface area (Å²) in [5, 5.41) is 2.78. The smallest absolute Gasteiger partial charge is 0.225 e. The summed E-state index contributed by atoms with van der Waals surface area (Å²) < 4.78 is 30.5. The number of anilines is 1. The van der Waals surface area contributed by atoms with Crippen molar-refractivity contribution in [3.05, 3.63) is 24.3 Å². The molecule has 1 amide bonds. The van der Waals surface area contributed by atoms with E-state index >= 15 is 0 Å². The summed E-state index contributed by atoms with van der Waals surface area (Å²) >= 11 is 0. The van der Waals surface area contributed by atoms with Crippen molar-refractivity contribution in [3.8, 4) is 5.75 Å². The van der Waals surface area contributed by atoms with E-state index in [1.807, 2.05) is 32.9 Å². The number of carbonyl (C=O) groups is 1. The maximum absolute atomic E-state index is 12.2. The molecule has 1 N–H and O–H groups in total. The molecule has 6 nitrogen and oxygen atoms in total. The molecule has 0 heterocycles. The van der Waals surface area contributed by atoms with Crippen LogP contribution in [0.2, 0.25) is 0 Å². The fourth-order valence-electron chi connectivity index (χ4n) is 2.14. The Morgan fingerprint density at radius 2 is 1.92 bits per heavy atom. The van der Waals surface area contributed by atoms with E-state index in [9.17, 15) is 13.2 Å². The summed E-state index contributed by atoms with van der Waals surface area (Å²) in [6.45, 7) is 7.06. The number of sulfonamides is 1. The van der Waals surface area contributed by atoms with E-state index in [-0.39, 0.29) is 18.9 Å². The molecule has 0 saturated carbocycles. The summed E-state index contributed by atoms with van der Waals surface area (Å²) in [5.74, 6) is 0.773. The Morgan fingerprint density at radius 3 is 2.50 bits per heavy atom. The first-order valence-corrected chi connectivity index (χ1v) is 10.1. The molecule has 0 radical (unpaired) electrons. The molecule has 0 unspecified atom stereocenters. The number of carbonyl (C=O) groups excluding carboxylic acids is 1. The number of hydrogen-bond acceptors (Lipinski definition) is 4. The van der Waals surface area contributed by atoms with Crippen molar-refractivity contribution in [1.29, 1.82) is 0 Å². The summed E-state index contributed by atoms with van der Waals surface area (Å²) in [6.07, 6.45) is 2.04. The fourth-order valence-corrected chi connectivity index (χ4v) is 3.00.